The number of nitrogen functional groups attached to an aromatic ring is 1. The molecule has 19 heavy (non-hydrogen) atoms. The van der Waals surface area contributed by atoms with Crippen LogP contribution < -0.4 is 16.6 Å². The number of hydrogen-bond donors (Lipinski definition) is 3. The number of nitrogens with zero attached hydrogens (tertiary/aromatic N) is 2. The van der Waals surface area contributed by atoms with E-state index in [1.54, 1.807) is 6.20 Å². The van der Waals surface area contributed by atoms with E-state index in [4.69, 9.17) is 5.84 Å². The number of carbonyl (C=O) groups is 1. The lowest BCUT2D eigenvalue weighted by Crippen LogP contribution is -2.34. The van der Waals surface area contributed by atoms with Gasteiger partial charge in [0.05, 0.1) is 0 Å². The summed E-state index contributed by atoms with van der Waals surface area (Å²) in [6, 6.07) is 0.342. The van der Waals surface area contributed by atoms with Crippen LogP contribution in [0.2, 0.25) is 0 Å². The number of aromatic nitrogens is 2. The number of nitrogens with one attached hydrogen (secondary N) is 2. The van der Waals surface area contributed by atoms with Crippen LogP contribution >= 0.6 is 0 Å². The van der Waals surface area contributed by atoms with E-state index in [9.17, 15) is 4.79 Å². The predicted octanol–water partition coefficient (Wildman–Crippen LogP) is 1.46. The summed E-state index contributed by atoms with van der Waals surface area (Å²) in [7, 11) is 0. The minimum Gasteiger partial charge on any atom is -0.365 e. The van der Waals surface area contributed by atoms with Crippen molar-refractivity contribution in [3.63, 3.8) is 0 Å². The lowest BCUT2D eigenvalue weighted by atomic mass is 9.75. The van der Waals surface area contributed by atoms with Gasteiger partial charge in [0.15, 0.2) is 11.5 Å². The summed E-state index contributed by atoms with van der Waals surface area (Å²) < 4.78 is 0. The molecule has 0 aliphatic heterocycles. The first-order chi connectivity index (χ1) is 9.02. The van der Waals surface area contributed by atoms with E-state index in [1.807, 2.05) is 0 Å². The van der Waals surface area contributed by atoms with Gasteiger partial charge < -0.3 is 5.32 Å². The van der Waals surface area contributed by atoms with Crippen LogP contribution in [0, 0.1) is 5.41 Å². The standard InChI is InChI=1S/C13H21N5O/c1-13(2)5-3-9(4-6-13)17-11-10(12(19)18-14)15-7-8-16-11/h7-9H,3-6,14H2,1-2H3,(H,16,17)(H,18,19). The van der Waals surface area contributed by atoms with Crippen LogP contribution in [0.1, 0.15) is 50.0 Å². The number of anilines is 1. The third-order valence-electron chi connectivity index (χ3n) is 3.72. The molecule has 104 valence electrons. The number of hydrazine groups is 1. The van der Waals surface area contributed by atoms with Crippen molar-refractivity contribution >= 4 is 11.7 Å². The summed E-state index contributed by atoms with van der Waals surface area (Å²) in [5.41, 5.74) is 2.75. The maximum atomic E-state index is 11.6. The van der Waals surface area contributed by atoms with Gasteiger partial charge in [-0.3, -0.25) is 10.2 Å². The SMILES string of the molecule is CC1(C)CCC(Nc2nccnc2C(=O)NN)CC1. The molecule has 1 saturated carbocycles. The van der Waals surface area contributed by atoms with Crippen molar-refractivity contribution in [2.75, 3.05) is 5.32 Å². The van der Waals surface area contributed by atoms with Gasteiger partial charge in [-0.1, -0.05) is 13.8 Å². The quantitative estimate of drug-likeness (QED) is 0.436. The summed E-state index contributed by atoms with van der Waals surface area (Å²) in [5.74, 6) is 5.23. The maximum absolute atomic E-state index is 11.6. The minimum absolute atomic E-state index is 0.245. The Hall–Kier alpha value is -1.69. The number of rotatable bonds is 3. The Balaban J connectivity index is 2.06. The number of hydrogen-bond acceptors (Lipinski definition) is 5. The fraction of sp³-hybridized carbons (Fsp3) is 0.615. The van der Waals surface area contributed by atoms with Gasteiger partial charge in [0, 0.05) is 18.4 Å². The van der Waals surface area contributed by atoms with Crippen molar-refractivity contribution in [1.29, 1.82) is 0 Å². The number of amides is 1. The zero-order chi connectivity index (χ0) is 13.9. The Kier molecular flexibility index (Phi) is 3.99. The van der Waals surface area contributed by atoms with Gasteiger partial charge in [-0.25, -0.2) is 15.8 Å². The highest BCUT2D eigenvalue weighted by atomic mass is 16.2. The van der Waals surface area contributed by atoms with Crippen molar-refractivity contribution in [2.45, 2.75) is 45.6 Å². The molecule has 0 atom stereocenters. The monoisotopic (exact) mass is 263 g/mol. The van der Waals surface area contributed by atoms with Crippen molar-refractivity contribution < 1.29 is 4.79 Å². The van der Waals surface area contributed by atoms with Crippen LogP contribution in [0.4, 0.5) is 5.82 Å². The van der Waals surface area contributed by atoms with E-state index in [-0.39, 0.29) is 5.69 Å². The fourth-order valence-corrected chi connectivity index (χ4v) is 2.42. The summed E-state index contributed by atoms with van der Waals surface area (Å²) in [6.07, 6.45) is 7.55. The van der Waals surface area contributed by atoms with Crippen LogP contribution in [0.15, 0.2) is 12.4 Å². The average Bonchev–Trinajstić information content (AvgIpc) is 2.41. The maximum Gasteiger partial charge on any atom is 0.287 e. The van der Waals surface area contributed by atoms with Gasteiger partial charge in [-0.05, 0) is 31.1 Å². The molecule has 6 nitrogen and oxygen atoms in total. The first kappa shape index (κ1) is 13.7. The van der Waals surface area contributed by atoms with Gasteiger partial charge in [-0.15, -0.1) is 0 Å². The molecule has 0 radical (unpaired) electrons. The topological polar surface area (TPSA) is 92.9 Å². The van der Waals surface area contributed by atoms with Gasteiger partial charge in [0.2, 0.25) is 0 Å². The summed E-state index contributed by atoms with van der Waals surface area (Å²) >= 11 is 0. The van der Waals surface area contributed by atoms with E-state index in [2.05, 4.69) is 34.6 Å². The first-order valence-electron chi connectivity index (χ1n) is 6.60. The molecule has 1 aromatic rings. The van der Waals surface area contributed by atoms with Crippen LogP contribution in [-0.2, 0) is 0 Å². The molecular weight excluding hydrogens is 242 g/mol. The molecule has 2 rings (SSSR count). The highest BCUT2D eigenvalue weighted by molar-refractivity contribution is 5.96. The summed E-state index contributed by atoms with van der Waals surface area (Å²) in [6.45, 7) is 4.58. The second kappa shape index (κ2) is 5.52. The first-order valence-corrected chi connectivity index (χ1v) is 6.60. The van der Waals surface area contributed by atoms with Crippen LogP contribution in [0.5, 0.6) is 0 Å². The molecule has 1 fully saturated rings. The minimum atomic E-state index is -0.424. The average molecular weight is 263 g/mol. The zero-order valence-electron chi connectivity index (χ0n) is 11.4. The highest BCUT2D eigenvalue weighted by Gasteiger charge is 2.27. The molecule has 0 unspecified atom stereocenters. The Labute approximate surface area is 113 Å². The third-order valence-corrected chi connectivity index (χ3v) is 3.72. The zero-order valence-corrected chi connectivity index (χ0v) is 11.4. The lowest BCUT2D eigenvalue weighted by Gasteiger charge is -2.34. The van der Waals surface area contributed by atoms with Gasteiger partial charge in [0.25, 0.3) is 5.91 Å². The smallest absolute Gasteiger partial charge is 0.287 e. The summed E-state index contributed by atoms with van der Waals surface area (Å²) in [4.78, 5) is 19.8. The molecular formula is C13H21N5O. The molecule has 0 bridgehead atoms. The Bertz CT molecular complexity index is 450. The Morgan fingerprint density at radius 2 is 1.95 bits per heavy atom. The van der Waals surface area contributed by atoms with E-state index in [1.165, 1.54) is 19.0 Å². The molecule has 1 heterocycles. The molecule has 1 aromatic heterocycles. The van der Waals surface area contributed by atoms with Crippen molar-refractivity contribution in [3.05, 3.63) is 18.1 Å². The fourth-order valence-electron chi connectivity index (χ4n) is 2.42. The van der Waals surface area contributed by atoms with Gasteiger partial charge in [0.1, 0.15) is 0 Å². The highest BCUT2D eigenvalue weighted by Crippen LogP contribution is 2.36. The molecule has 1 amide bonds. The van der Waals surface area contributed by atoms with Crippen molar-refractivity contribution in [2.24, 2.45) is 11.3 Å². The number of carbonyl (C=O) groups excluding carboxylic acids is 1. The van der Waals surface area contributed by atoms with Gasteiger partial charge >= 0.3 is 0 Å². The normalized spacial score (nSPS) is 18.9. The van der Waals surface area contributed by atoms with Crippen LogP contribution in [0.3, 0.4) is 0 Å². The van der Waals surface area contributed by atoms with Crippen LogP contribution in [-0.4, -0.2) is 21.9 Å². The Morgan fingerprint density at radius 1 is 1.32 bits per heavy atom. The van der Waals surface area contributed by atoms with E-state index >= 15 is 0 Å². The van der Waals surface area contributed by atoms with Crippen molar-refractivity contribution in [3.8, 4) is 0 Å². The second-order valence-corrected chi connectivity index (χ2v) is 5.81. The van der Waals surface area contributed by atoms with Crippen molar-refractivity contribution in [1.82, 2.24) is 15.4 Å². The third kappa shape index (κ3) is 3.41. The van der Waals surface area contributed by atoms with E-state index < -0.39 is 5.91 Å². The largest absolute Gasteiger partial charge is 0.365 e. The van der Waals surface area contributed by atoms with E-state index in [0.717, 1.165) is 12.8 Å². The molecule has 0 spiro atoms. The van der Waals surface area contributed by atoms with Crippen LogP contribution in [0.25, 0.3) is 0 Å². The second-order valence-electron chi connectivity index (χ2n) is 5.81. The summed E-state index contributed by atoms with van der Waals surface area (Å²) in [5, 5.41) is 3.31. The lowest BCUT2D eigenvalue weighted by molar-refractivity contribution is 0.0949. The predicted molar refractivity (Wildman–Crippen MR) is 73.3 cm³/mol. The Morgan fingerprint density at radius 3 is 2.58 bits per heavy atom. The van der Waals surface area contributed by atoms with E-state index in [0.29, 0.717) is 17.3 Å². The molecule has 1 aliphatic rings. The number of nitrogens with two attached hydrogens (primary N) is 1. The van der Waals surface area contributed by atoms with Gasteiger partial charge in [-0.2, -0.15) is 0 Å². The molecule has 0 saturated heterocycles. The molecule has 4 N–H and O–H groups in total. The molecule has 6 heteroatoms. The molecule has 0 aromatic carbocycles. The molecule has 1 aliphatic carbocycles.